The molecule has 2 N–H and O–H groups in total. The Kier molecular flexibility index (Phi) is 8.17. The lowest BCUT2D eigenvalue weighted by Gasteiger charge is -2.38. The van der Waals surface area contributed by atoms with Gasteiger partial charge < -0.3 is 20.1 Å². The molecule has 0 aromatic heterocycles. The highest BCUT2D eigenvalue weighted by Crippen LogP contribution is 2.43. The summed E-state index contributed by atoms with van der Waals surface area (Å²) in [7, 11) is 3.45. The first-order valence-electron chi connectivity index (χ1n) is 10.2. The minimum absolute atomic E-state index is 0. The van der Waals surface area contributed by atoms with E-state index >= 15 is 0 Å². The van der Waals surface area contributed by atoms with Crippen LogP contribution in [0, 0.1) is 12.3 Å². The van der Waals surface area contributed by atoms with Crippen LogP contribution in [0.25, 0.3) is 0 Å². The van der Waals surface area contributed by atoms with Gasteiger partial charge in [0.15, 0.2) is 0 Å². The summed E-state index contributed by atoms with van der Waals surface area (Å²) in [6, 6.07) is 6.24. The third kappa shape index (κ3) is 4.64. The van der Waals surface area contributed by atoms with Crippen LogP contribution >= 0.6 is 12.4 Å². The SMILES string of the molecule is COCC1(CNC(=O)C2(c3ccc(C)c(OC)c3)CCCC2)CCNCC1.Cl. The second-order valence-corrected chi connectivity index (χ2v) is 8.34. The van der Waals surface area contributed by atoms with Crippen molar-refractivity contribution in [2.45, 2.75) is 50.9 Å². The van der Waals surface area contributed by atoms with Gasteiger partial charge in [-0.05, 0) is 62.9 Å². The number of rotatable bonds is 7. The second-order valence-electron chi connectivity index (χ2n) is 8.34. The fourth-order valence-electron chi connectivity index (χ4n) is 4.82. The molecule has 0 spiro atoms. The van der Waals surface area contributed by atoms with Gasteiger partial charge in [0.1, 0.15) is 5.75 Å². The van der Waals surface area contributed by atoms with E-state index in [9.17, 15) is 4.79 Å². The Bertz CT molecular complexity index is 648. The minimum Gasteiger partial charge on any atom is -0.496 e. The van der Waals surface area contributed by atoms with E-state index in [1.807, 2.05) is 6.92 Å². The summed E-state index contributed by atoms with van der Waals surface area (Å²) in [4.78, 5) is 13.4. The van der Waals surface area contributed by atoms with Gasteiger partial charge in [-0.3, -0.25) is 4.79 Å². The number of hydrogen-bond donors (Lipinski definition) is 2. The molecule has 1 amide bonds. The van der Waals surface area contributed by atoms with Gasteiger partial charge in [-0.1, -0.05) is 25.0 Å². The largest absolute Gasteiger partial charge is 0.496 e. The first-order chi connectivity index (χ1) is 13.1. The van der Waals surface area contributed by atoms with Gasteiger partial charge in [-0.2, -0.15) is 0 Å². The highest BCUT2D eigenvalue weighted by Gasteiger charge is 2.44. The summed E-state index contributed by atoms with van der Waals surface area (Å²) in [5, 5.41) is 6.73. The van der Waals surface area contributed by atoms with Crippen molar-refractivity contribution in [2.75, 3.05) is 40.5 Å². The first kappa shape index (κ1) is 23.0. The average Bonchev–Trinajstić information content (AvgIpc) is 3.19. The Morgan fingerprint density at radius 2 is 1.82 bits per heavy atom. The van der Waals surface area contributed by atoms with E-state index in [1.165, 1.54) is 0 Å². The molecular weight excluding hydrogens is 376 g/mol. The number of piperidine rings is 1. The van der Waals surface area contributed by atoms with Gasteiger partial charge in [-0.25, -0.2) is 0 Å². The van der Waals surface area contributed by atoms with Crippen molar-refractivity contribution in [3.63, 3.8) is 0 Å². The maximum atomic E-state index is 13.4. The van der Waals surface area contributed by atoms with Crippen LogP contribution in [0.4, 0.5) is 0 Å². The van der Waals surface area contributed by atoms with Crippen molar-refractivity contribution in [1.82, 2.24) is 10.6 Å². The van der Waals surface area contributed by atoms with Crippen LogP contribution in [-0.2, 0) is 14.9 Å². The number of methoxy groups -OCH3 is 2. The Morgan fingerprint density at radius 1 is 1.14 bits per heavy atom. The molecule has 1 heterocycles. The van der Waals surface area contributed by atoms with Crippen molar-refractivity contribution in [3.8, 4) is 5.75 Å². The molecule has 3 rings (SSSR count). The van der Waals surface area contributed by atoms with E-state index in [1.54, 1.807) is 14.2 Å². The van der Waals surface area contributed by atoms with Crippen LogP contribution in [0.3, 0.4) is 0 Å². The molecule has 158 valence electrons. The fourth-order valence-corrected chi connectivity index (χ4v) is 4.82. The van der Waals surface area contributed by atoms with E-state index in [0.29, 0.717) is 13.2 Å². The Labute approximate surface area is 175 Å². The number of benzene rings is 1. The van der Waals surface area contributed by atoms with Gasteiger partial charge in [0.25, 0.3) is 0 Å². The Hall–Kier alpha value is -1.30. The molecule has 1 aromatic carbocycles. The second kappa shape index (κ2) is 9.95. The first-order valence-corrected chi connectivity index (χ1v) is 10.2. The smallest absolute Gasteiger partial charge is 0.230 e. The van der Waals surface area contributed by atoms with E-state index in [0.717, 1.165) is 68.5 Å². The number of carbonyl (C=O) groups is 1. The molecule has 1 aromatic rings. The third-order valence-corrected chi connectivity index (χ3v) is 6.59. The van der Waals surface area contributed by atoms with Gasteiger partial charge in [0.2, 0.25) is 5.91 Å². The molecule has 1 saturated carbocycles. The fraction of sp³-hybridized carbons (Fsp3) is 0.682. The zero-order valence-corrected chi connectivity index (χ0v) is 18.3. The van der Waals surface area contributed by atoms with Gasteiger partial charge >= 0.3 is 0 Å². The molecule has 6 heteroatoms. The zero-order chi connectivity index (χ0) is 19.3. The van der Waals surface area contributed by atoms with Crippen molar-refractivity contribution in [2.24, 2.45) is 5.41 Å². The van der Waals surface area contributed by atoms with Crippen LogP contribution in [0.1, 0.15) is 49.7 Å². The number of hydrogen-bond acceptors (Lipinski definition) is 4. The van der Waals surface area contributed by atoms with Crippen LogP contribution in [0.15, 0.2) is 18.2 Å². The van der Waals surface area contributed by atoms with Crippen molar-refractivity contribution in [3.05, 3.63) is 29.3 Å². The summed E-state index contributed by atoms with van der Waals surface area (Å²) in [5.41, 5.74) is 1.80. The summed E-state index contributed by atoms with van der Waals surface area (Å²) >= 11 is 0. The number of nitrogens with one attached hydrogen (secondary N) is 2. The average molecular weight is 411 g/mol. The summed E-state index contributed by atoms with van der Waals surface area (Å²) in [5.74, 6) is 1.03. The Balaban J connectivity index is 0.00000280. The molecule has 5 nitrogen and oxygen atoms in total. The summed E-state index contributed by atoms with van der Waals surface area (Å²) in [6.07, 6.45) is 6.07. The lowest BCUT2D eigenvalue weighted by molar-refractivity contribution is -0.127. The lowest BCUT2D eigenvalue weighted by Crippen LogP contribution is -2.51. The van der Waals surface area contributed by atoms with Crippen LogP contribution in [0.5, 0.6) is 5.75 Å². The van der Waals surface area contributed by atoms with E-state index in [-0.39, 0.29) is 23.7 Å². The number of ether oxygens (including phenoxy) is 2. The van der Waals surface area contributed by atoms with Crippen LogP contribution in [-0.4, -0.2) is 46.4 Å². The lowest BCUT2D eigenvalue weighted by atomic mass is 9.76. The number of aryl methyl sites for hydroxylation is 1. The quantitative estimate of drug-likeness (QED) is 0.723. The molecule has 28 heavy (non-hydrogen) atoms. The minimum atomic E-state index is -0.428. The molecule has 1 saturated heterocycles. The molecule has 2 aliphatic rings. The van der Waals surface area contributed by atoms with E-state index in [4.69, 9.17) is 9.47 Å². The van der Waals surface area contributed by atoms with E-state index < -0.39 is 5.41 Å². The predicted molar refractivity (Wildman–Crippen MR) is 115 cm³/mol. The molecule has 0 bridgehead atoms. The topological polar surface area (TPSA) is 59.6 Å². The molecule has 1 aliphatic carbocycles. The predicted octanol–water partition coefficient (Wildman–Crippen LogP) is 3.37. The molecule has 1 aliphatic heterocycles. The van der Waals surface area contributed by atoms with Gasteiger partial charge in [0, 0.05) is 19.1 Å². The van der Waals surface area contributed by atoms with Crippen molar-refractivity contribution in [1.29, 1.82) is 0 Å². The molecule has 0 radical (unpaired) electrons. The highest BCUT2D eigenvalue weighted by molar-refractivity contribution is 5.88. The maximum Gasteiger partial charge on any atom is 0.230 e. The molecule has 2 fully saturated rings. The van der Waals surface area contributed by atoms with Gasteiger partial charge in [0.05, 0.1) is 19.1 Å². The van der Waals surface area contributed by atoms with E-state index in [2.05, 4.69) is 28.8 Å². The zero-order valence-electron chi connectivity index (χ0n) is 17.4. The molecule has 0 unspecified atom stereocenters. The number of carbonyl (C=O) groups excluding carboxylic acids is 1. The third-order valence-electron chi connectivity index (χ3n) is 6.59. The highest BCUT2D eigenvalue weighted by atomic mass is 35.5. The molecular formula is C22H35ClN2O3. The maximum absolute atomic E-state index is 13.4. The van der Waals surface area contributed by atoms with Gasteiger partial charge in [-0.15, -0.1) is 12.4 Å². The van der Waals surface area contributed by atoms with Crippen molar-refractivity contribution < 1.29 is 14.3 Å². The summed E-state index contributed by atoms with van der Waals surface area (Å²) < 4.78 is 11.0. The monoisotopic (exact) mass is 410 g/mol. The standard InChI is InChI=1S/C22H34N2O3.ClH/c1-17-6-7-18(14-19(17)27-3)22(8-4-5-9-22)20(25)24-15-21(16-26-2)10-12-23-13-11-21;/h6-7,14,23H,4-5,8-13,15-16H2,1-3H3,(H,24,25);1H. The van der Waals surface area contributed by atoms with Crippen LogP contribution < -0.4 is 15.4 Å². The van der Waals surface area contributed by atoms with Crippen LogP contribution in [0.2, 0.25) is 0 Å². The number of amides is 1. The van der Waals surface area contributed by atoms with Crippen molar-refractivity contribution >= 4 is 18.3 Å². The summed E-state index contributed by atoms with van der Waals surface area (Å²) in [6.45, 7) is 5.39. The normalized spacial score (nSPS) is 20.2. The molecule has 0 atom stereocenters. The Morgan fingerprint density at radius 3 is 2.43 bits per heavy atom. The number of halogens is 1.